The molecule has 0 nitrogen and oxygen atoms in total. The van der Waals surface area contributed by atoms with E-state index in [1.807, 2.05) is 47.0 Å². The molecule has 0 radical (unpaired) electrons. The Kier molecular flexibility index (Phi) is 3.53. The first kappa shape index (κ1) is 13.5. The van der Waals surface area contributed by atoms with E-state index in [1.165, 1.54) is 30.7 Å². The molecule has 20 heavy (non-hydrogen) atoms. The van der Waals surface area contributed by atoms with Gasteiger partial charge in [0.15, 0.2) is 0 Å². The fourth-order valence-corrected chi connectivity index (χ4v) is 8.89. The highest BCUT2D eigenvalue weighted by Crippen LogP contribution is 2.59. The molecule has 2 atom stereocenters. The fourth-order valence-electron chi connectivity index (χ4n) is 2.38. The van der Waals surface area contributed by atoms with E-state index in [0.29, 0.717) is 9.16 Å². The van der Waals surface area contributed by atoms with Crippen LogP contribution in [0.2, 0.25) is 0 Å². The lowest BCUT2D eigenvalue weighted by Gasteiger charge is -2.13. The summed E-state index contributed by atoms with van der Waals surface area (Å²) in [5.41, 5.74) is 2.73. The predicted octanol–water partition coefficient (Wildman–Crippen LogP) is 6.05. The maximum absolute atomic E-state index is 2.33. The predicted molar refractivity (Wildman–Crippen MR) is 93.4 cm³/mol. The first-order valence-corrected chi connectivity index (χ1v) is 10.1. The van der Waals surface area contributed by atoms with Crippen molar-refractivity contribution in [1.82, 2.24) is 0 Å². The second kappa shape index (κ2) is 5.24. The summed E-state index contributed by atoms with van der Waals surface area (Å²) in [6.07, 6.45) is 0. The Labute approximate surface area is 136 Å². The lowest BCUT2D eigenvalue weighted by atomic mass is 10.2. The smallest absolute Gasteiger partial charge is 0.0814 e. The van der Waals surface area contributed by atoms with Gasteiger partial charge in [0.2, 0.25) is 0 Å². The molecule has 0 fully saturated rings. The minimum absolute atomic E-state index is 0.620. The van der Waals surface area contributed by atoms with E-state index in [1.54, 1.807) is 0 Å². The minimum atomic E-state index is 0.620. The van der Waals surface area contributed by atoms with Crippen LogP contribution in [-0.2, 0) is 0 Å². The summed E-state index contributed by atoms with van der Waals surface area (Å²) in [6.45, 7) is 4.35. The molecule has 0 spiro atoms. The van der Waals surface area contributed by atoms with Crippen LogP contribution < -0.4 is 0 Å². The molecule has 4 rings (SSSR count). The molecule has 0 saturated heterocycles. The number of fused-ring (bicyclic) bond motifs is 2. The Morgan fingerprint density at radius 1 is 0.600 bits per heavy atom. The van der Waals surface area contributed by atoms with Crippen LogP contribution >= 0.6 is 47.0 Å². The van der Waals surface area contributed by atoms with Gasteiger partial charge in [0.1, 0.15) is 0 Å². The lowest BCUT2D eigenvalue weighted by molar-refractivity contribution is 1.23. The highest BCUT2D eigenvalue weighted by atomic mass is 32.2. The van der Waals surface area contributed by atoms with Gasteiger partial charge in [0, 0.05) is 19.6 Å². The molecule has 2 unspecified atom stereocenters. The third kappa shape index (κ3) is 2.41. The van der Waals surface area contributed by atoms with Crippen molar-refractivity contribution in [2.24, 2.45) is 0 Å². The summed E-state index contributed by atoms with van der Waals surface area (Å²) in [5.74, 6) is 0. The van der Waals surface area contributed by atoms with Gasteiger partial charge in [-0.15, -0.1) is 47.0 Å². The number of rotatable bonds is 1. The van der Waals surface area contributed by atoms with Crippen LogP contribution in [0, 0.1) is 13.8 Å². The molecule has 0 N–H and O–H groups in total. The molecule has 0 aromatic heterocycles. The van der Waals surface area contributed by atoms with Crippen LogP contribution in [0.3, 0.4) is 0 Å². The highest BCUT2D eigenvalue weighted by Gasteiger charge is 2.35. The molecule has 2 aliphatic rings. The van der Waals surface area contributed by atoms with Crippen molar-refractivity contribution in [2.75, 3.05) is 0 Å². The third-order valence-corrected chi connectivity index (χ3v) is 9.92. The van der Waals surface area contributed by atoms with E-state index in [2.05, 4.69) is 50.2 Å². The molecule has 0 aliphatic carbocycles. The quantitative estimate of drug-likeness (QED) is 0.622. The molecule has 0 amide bonds. The van der Waals surface area contributed by atoms with Gasteiger partial charge in [0.05, 0.1) is 9.16 Å². The van der Waals surface area contributed by atoms with Crippen molar-refractivity contribution < 1.29 is 0 Å². The van der Waals surface area contributed by atoms with Crippen LogP contribution in [0.5, 0.6) is 0 Å². The molecule has 4 heteroatoms. The monoisotopic (exact) mass is 334 g/mol. The zero-order valence-electron chi connectivity index (χ0n) is 11.3. The topological polar surface area (TPSA) is 0 Å². The Bertz CT molecular complexity index is 621. The average molecular weight is 335 g/mol. The Hall–Kier alpha value is -0.160. The van der Waals surface area contributed by atoms with Gasteiger partial charge in [-0.05, 0) is 49.2 Å². The number of hydrogen-bond donors (Lipinski definition) is 0. The summed E-state index contributed by atoms with van der Waals surface area (Å²) >= 11 is 8.16. The number of thioether (sulfide) groups is 4. The molecular formula is C16H14S4. The van der Waals surface area contributed by atoms with Crippen molar-refractivity contribution in [2.45, 2.75) is 42.6 Å². The van der Waals surface area contributed by atoms with E-state index >= 15 is 0 Å². The number of aryl methyl sites for hydroxylation is 2. The van der Waals surface area contributed by atoms with Gasteiger partial charge in [-0.3, -0.25) is 0 Å². The van der Waals surface area contributed by atoms with Gasteiger partial charge >= 0.3 is 0 Å². The molecule has 0 bridgehead atoms. The maximum atomic E-state index is 2.33. The molecule has 0 saturated carbocycles. The Balaban J connectivity index is 1.55. The van der Waals surface area contributed by atoms with Crippen molar-refractivity contribution >= 4 is 47.0 Å². The van der Waals surface area contributed by atoms with Crippen molar-refractivity contribution in [3.05, 3.63) is 47.5 Å². The number of hydrogen-bond acceptors (Lipinski definition) is 4. The van der Waals surface area contributed by atoms with E-state index in [0.717, 1.165) is 0 Å². The second-order valence-corrected chi connectivity index (χ2v) is 10.4. The number of benzene rings is 2. The van der Waals surface area contributed by atoms with Gasteiger partial charge in [-0.25, -0.2) is 0 Å². The first-order valence-electron chi connectivity index (χ1n) is 6.57. The third-order valence-electron chi connectivity index (χ3n) is 3.39. The van der Waals surface area contributed by atoms with E-state index in [4.69, 9.17) is 0 Å². The van der Waals surface area contributed by atoms with E-state index in [-0.39, 0.29) is 0 Å². The maximum Gasteiger partial charge on any atom is 0.0814 e. The van der Waals surface area contributed by atoms with Gasteiger partial charge in [-0.1, -0.05) is 12.1 Å². The zero-order chi connectivity index (χ0) is 13.7. The van der Waals surface area contributed by atoms with Crippen LogP contribution in [0.1, 0.15) is 11.1 Å². The molecule has 2 aliphatic heterocycles. The van der Waals surface area contributed by atoms with Crippen molar-refractivity contribution in [3.8, 4) is 0 Å². The van der Waals surface area contributed by atoms with Crippen LogP contribution in [0.4, 0.5) is 0 Å². The van der Waals surface area contributed by atoms with Crippen LogP contribution in [-0.4, -0.2) is 9.16 Å². The van der Waals surface area contributed by atoms with Gasteiger partial charge in [0.25, 0.3) is 0 Å². The molecular weight excluding hydrogens is 320 g/mol. The summed E-state index contributed by atoms with van der Waals surface area (Å²) in [4.78, 5) is 5.85. The van der Waals surface area contributed by atoms with Crippen molar-refractivity contribution in [3.63, 3.8) is 0 Å². The van der Waals surface area contributed by atoms with Crippen LogP contribution in [0.15, 0.2) is 56.0 Å². The minimum Gasteiger partial charge on any atom is -0.108 e. The normalized spacial score (nSPS) is 23.7. The SMILES string of the molecule is Cc1ccc2c(c1)SC(C1Sc3ccc(C)cc3S1)S2. The van der Waals surface area contributed by atoms with Gasteiger partial charge in [-0.2, -0.15) is 0 Å². The molecule has 2 aromatic carbocycles. The summed E-state index contributed by atoms with van der Waals surface area (Å²) < 4.78 is 1.24. The van der Waals surface area contributed by atoms with E-state index < -0.39 is 0 Å². The van der Waals surface area contributed by atoms with E-state index in [9.17, 15) is 0 Å². The summed E-state index contributed by atoms with van der Waals surface area (Å²) in [5, 5.41) is 0. The summed E-state index contributed by atoms with van der Waals surface area (Å²) in [6, 6.07) is 13.7. The standard InChI is InChI=1S/C16H14S4/c1-9-3-5-11-13(7-9)19-15(17-11)16-18-12-6-4-10(2)8-14(12)20-16/h3-8,15-16H,1-2H3. The van der Waals surface area contributed by atoms with Crippen LogP contribution in [0.25, 0.3) is 0 Å². The molecule has 2 heterocycles. The zero-order valence-corrected chi connectivity index (χ0v) is 14.5. The average Bonchev–Trinajstić information content (AvgIpc) is 3.00. The summed E-state index contributed by atoms with van der Waals surface area (Å²) in [7, 11) is 0. The largest absolute Gasteiger partial charge is 0.108 e. The fraction of sp³-hybridized carbons (Fsp3) is 0.250. The lowest BCUT2D eigenvalue weighted by Crippen LogP contribution is -2.06. The first-order chi connectivity index (χ1) is 9.69. The Morgan fingerprint density at radius 2 is 1.00 bits per heavy atom. The second-order valence-electron chi connectivity index (χ2n) is 5.11. The molecule has 2 aromatic rings. The Morgan fingerprint density at radius 3 is 1.45 bits per heavy atom. The highest BCUT2D eigenvalue weighted by molar-refractivity contribution is 8.26. The van der Waals surface area contributed by atoms with Gasteiger partial charge < -0.3 is 0 Å². The van der Waals surface area contributed by atoms with Crippen molar-refractivity contribution in [1.29, 1.82) is 0 Å². The molecule has 102 valence electrons.